The lowest BCUT2D eigenvalue weighted by Crippen LogP contribution is -2.28. The largest absolute Gasteiger partial charge is 0.491 e. The molecule has 0 aromatic heterocycles. The number of ether oxygens (including phenoxy) is 1. The number of aliphatic imine (C=N–C) groups is 1. The fourth-order valence-corrected chi connectivity index (χ4v) is 4.27. The van der Waals surface area contributed by atoms with E-state index in [1.165, 1.54) is 17.3 Å². The molecule has 4 nitrogen and oxygen atoms in total. The van der Waals surface area contributed by atoms with Crippen molar-refractivity contribution in [3.8, 4) is 5.75 Å². The van der Waals surface area contributed by atoms with Crippen LogP contribution in [0, 0.1) is 13.8 Å². The number of nitrogens with zero attached hydrogens (tertiary/aromatic N) is 2. The molecule has 0 unspecified atom stereocenters. The first-order chi connectivity index (χ1) is 15.4. The van der Waals surface area contributed by atoms with Crippen molar-refractivity contribution in [2.75, 3.05) is 4.90 Å². The molecule has 0 aliphatic carbocycles. The van der Waals surface area contributed by atoms with Gasteiger partial charge < -0.3 is 4.74 Å². The second-order valence-corrected chi connectivity index (χ2v) is 9.06. The number of anilines is 1. The predicted octanol–water partition coefficient (Wildman–Crippen LogP) is 6.90. The molecule has 162 valence electrons. The van der Waals surface area contributed by atoms with Gasteiger partial charge in [0.05, 0.1) is 22.4 Å². The first-order valence-electron chi connectivity index (χ1n) is 10.6. The molecule has 1 amide bonds. The summed E-state index contributed by atoms with van der Waals surface area (Å²) in [6.07, 6.45) is 2.03. The Hall–Kier alpha value is -3.31. The molecule has 3 aromatic carbocycles. The number of carbonyl (C=O) groups excluding carboxylic acids is 1. The van der Waals surface area contributed by atoms with E-state index < -0.39 is 0 Å². The molecule has 0 saturated carbocycles. The van der Waals surface area contributed by atoms with E-state index in [9.17, 15) is 4.79 Å². The lowest BCUT2D eigenvalue weighted by Gasteiger charge is -2.16. The molecule has 3 aromatic rings. The molecule has 1 saturated heterocycles. The summed E-state index contributed by atoms with van der Waals surface area (Å²) in [7, 11) is 0. The van der Waals surface area contributed by atoms with Crippen LogP contribution in [0.5, 0.6) is 5.75 Å². The molecule has 1 aliphatic rings. The lowest BCUT2D eigenvalue weighted by molar-refractivity contribution is -0.113. The molecule has 0 radical (unpaired) electrons. The standard InChI is InChI=1S/C27H26N2O2S/c1-18(2)31-24-15-9-21(10-16-24)17-25-26(30)29(23-13-7-20(4)8-14-23)27(32-25)28-22-11-5-19(3)6-12-22/h5-18H,1-4H3/b25-17+,28-27?. The van der Waals surface area contributed by atoms with Gasteiger partial charge >= 0.3 is 0 Å². The summed E-state index contributed by atoms with van der Waals surface area (Å²) in [6.45, 7) is 8.07. The molecular formula is C27H26N2O2S. The summed E-state index contributed by atoms with van der Waals surface area (Å²) in [5, 5.41) is 0.647. The quantitative estimate of drug-likeness (QED) is 0.404. The summed E-state index contributed by atoms with van der Waals surface area (Å²) < 4.78 is 5.72. The van der Waals surface area contributed by atoms with Crippen LogP contribution < -0.4 is 9.64 Å². The number of hydrogen-bond acceptors (Lipinski definition) is 4. The number of amidine groups is 1. The van der Waals surface area contributed by atoms with E-state index in [-0.39, 0.29) is 12.0 Å². The molecule has 1 aliphatic heterocycles. The Morgan fingerprint density at radius 1 is 0.875 bits per heavy atom. The van der Waals surface area contributed by atoms with Crippen LogP contribution in [0.25, 0.3) is 6.08 Å². The average Bonchev–Trinajstić information content (AvgIpc) is 3.06. The highest BCUT2D eigenvalue weighted by Gasteiger charge is 2.34. The molecule has 1 fully saturated rings. The van der Waals surface area contributed by atoms with Crippen molar-refractivity contribution in [1.29, 1.82) is 0 Å². The van der Waals surface area contributed by atoms with E-state index in [0.717, 1.165) is 28.3 Å². The Kier molecular flexibility index (Phi) is 6.47. The minimum atomic E-state index is -0.0766. The summed E-state index contributed by atoms with van der Waals surface area (Å²) in [5.74, 6) is 0.739. The first kappa shape index (κ1) is 21.9. The molecule has 0 bridgehead atoms. The highest BCUT2D eigenvalue weighted by molar-refractivity contribution is 8.19. The topological polar surface area (TPSA) is 41.9 Å². The van der Waals surface area contributed by atoms with Gasteiger partial charge in [0.15, 0.2) is 5.17 Å². The third-order valence-electron chi connectivity index (χ3n) is 4.91. The van der Waals surface area contributed by atoms with Crippen LogP contribution in [0.1, 0.15) is 30.5 Å². The van der Waals surface area contributed by atoms with Crippen LogP contribution in [0.15, 0.2) is 82.7 Å². The summed E-state index contributed by atoms with van der Waals surface area (Å²) in [6, 6.07) is 23.7. The van der Waals surface area contributed by atoms with Crippen LogP contribution in [-0.2, 0) is 4.79 Å². The van der Waals surface area contributed by atoms with Gasteiger partial charge in [0.1, 0.15) is 5.75 Å². The smallest absolute Gasteiger partial charge is 0.271 e. The van der Waals surface area contributed by atoms with Crippen LogP contribution in [-0.4, -0.2) is 17.2 Å². The zero-order valence-corrected chi connectivity index (χ0v) is 19.5. The Balaban J connectivity index is 1.69. The third kappa shape index (κ3) is 5.11. The highest BCUT2D eigenvalue weighted by Crippen LogP contribution is 2.37. The number of amides is 1. The fraction of sp³-hybridized carbons (Fsp3) is 0.185. The zero-order chi connectivity index (χ0) is 22.7. The summed E-state index contributed by atoms with van der Waals surface area (Å²) in [5.41, 5.74) is 4.88. The molecule has 32 heavy (non-hydrogen) atoms. The molecule has 4 rings (SSSR count). The lowest BCUT2D eigenvalue weighted by atomic mass is 10.2. The number of rotatable bonds is 5. The van der Waals surface area contributed by atoms with Gasteiger partial charge in [-0.1, -0.05) is 47.5 Å². The Bertz CT molecular complexity index is 1160. The molecule has 1 heterocycles. The Morgan fingerprint density at radius 2 is 1.47 bits per heavy atom. The average molecular weight is 443 g/mol. The normalized spacial score (nSPS) is 16.4. The Labute approximate surface area is 193 Å². The van der Waals surface area contributed by atoms with Crippen LogP contribution in [0.3, 0.4) is 0 Å². The zero-order valence-electron chi connectivity index (χ0n) is 18.7. The number of hydrogen-bond donors (Lipinski definition) is 0. The van der Waals surface area contributed by atoms with Crippen LogP contribution in [0.4, 0.5) is 11.4 Å². The second kappa shape index (κ2) is 9.45. The molecule has 0 atom stereocenters. The second-order valence-electron chi connectivity index (χ2n) is 8.05. The van der Waals surface area contributed by atoms with E-state index in [2.05, 4.69) is 0 Å². The van der Waals surface area contributed by atoms with E-state index in [0.29, 0.717) is 10.1 Å². The van der Waals surface area contributed by atoms with Gasteiger partial charge in [-0.3, -0.25) is 9.69 Å². The van der Waals surface area contributed by atoms with Crippen LogP contribution >= 0.6 is 11.8 Å². The van der Waals surface area contributed by atoms with Crippen molar-refractivity contribution in [3.63, 3.8) is 0 Å². The predicted molar refractivity (Wildman–Crippen MR) is 135 cm³/mol. The highest BCUT2D eigenvalue weighted by atomic mass is 32.2. The van der Waals surface area contributed by atoms with Gasteiger partial charge in [-0.25, -0.2) is 4.99 Å². The van der Waals surface area contributed by atoms with Crippen molar-refractivity contribution in [1.82, 2.24) is 0 Å². The minimum absolute atomic E-state index is 0.0766. The minimum Gasteiger partial charge on any atom is -0.491 e. The maximum Gasteiger partial charge on any atom is 0.271 e. The van der Waals surface area contributed by atoms with Crippen molar-refractivity contribution in [2.24, 2.45) is 4.99 Å². The monoisotopic (exact) mass is 442 g/mol. The number of carbonyl (C=O) groups is 1. The molecule has 0 spiro atoms. The summed E-state index contributed by atoms with van der Waals surface area (Å²) >= 11 is 1.39. The molecule has 5 heteroatoms. The van der Waals surface area contributed by atoms with E-state index in [4.69, 9.17) is 9.73 Å². The van der Waals surface area contributed by atoms with Gasteiger partial charge in [-0.15, -0.1) is 0 Å². The van der Waals surface area contributed by atoms with Crippen molar-refractivity contribution >= 4 is 40.3 Å². The number of benzene rings is 3. The van der Waals surface area contributed by atoms with Crippen molar-refractivity contribution in [3.05, 3.63) is 94.4 Å². The van der Waals surface area contributed by atoms with Crippen molar-refractivity contribution < 1.29 is 9.53 Å². The third-order valence-corrected chi connectivity index (χ3v) is 5.88. The van der Waals surface area contributed by atoms with E-state index in [1.54, 1.807) is 4.90 Å². The maximum absolute atomic E-state index is 13.4. The van der Waals surface area contributed by atoms with Gasteiger partial charge in [-0.2, -0.15) is 0 Å². The maximum atomic E-state index is 13.4. The number of aryl methyl sites for hydroxylation is 2. The summed E-state index contributed by atoms with van der Waals surface area (Å²) in [4.78, 5) is 20.5. The Morgan fingerprint density at radius 3 is 2.06 bits per heavy atom. The number of thioether (sulfide) groups is 1. The fourth-order valence-electron chi connectivity index (χ4n) is 3.27. The van der Waals surface area contributed by atoms with Gasteiger partial charge in [-0.05, 0) is 87.5 Å². The van der Waals surface area contributed by atoms with Gasteiger partial charge in [0.2, 0.25) is 0 Å². The van der Waals surface area contributed by atoms with E-state index >= 15 is 0 Å². The van der Waals surface area contributed by atoms with Gasteiger partial charge in [0, 0.05) is 0 Å². The van der Waals surface area contributed by atoms with Crippen molar-refractivity contribution in [2.45, 2.75) is 33.8 Å². The van der Waals surface area contributed by atoms with Gasteiger partial charge in [0.25, 0.3) is 5.91 Å². The SMILES string of the molecule is Cc1ccc(N=C2S/C(=C/c3ccc(OC(C)C)cc3)C(=O)N2c2ccc(C)cc2)cc1. The molecule has 0 N–H and O–H groups in total. The first-order valence-corrected chi connectivity index (χ1v) is 11.4. The van der Waals surface area contributed by atoms with Crippen LogP contribution in [0.2, 0.25) is 0 Å². The molecular weight excluding hydrogens is 416 g/mol. The van der Waals surface area contributed by atoms with E-state index in [1.807, 2.05) is 107 Å².